The van der Waals surface area contributed by atoms with Crippen LogP contribution in [0.4, 0.5) is 0 Å². The maximum atomic E-state index is 9.20. The number of rotatable bonds is 3. The zero-order valence-electron chi connectivity index (χ0n) is 11.5. The maximum Gasteiger partial charge on any atom is 0.177 e. The van der Waals surface area contributed by atoms with Crippen LogP contribution in [0.2, 0.25) is 0 Å². The fourth-order valence-corrected chi connectivity index (χ4v) is 3.32. The lowest BCUT2D eigenvalue weighted by molar-refractivity contribution is 0.111. The topological polar surface area (TPSA) is 87.5 Å². The van der Waals surface area contributed by atoms with E-state index in [4.69, 9.17) is 10.00 Å². The van der Waals surface area contributed by atoms with E-state index in [-0.39, 0.29) is 11.8 Å². The number of nitriles is 2. The van der Waals surface area contributed by atoms with Gasteiger partial charge in [-0.15, -0.1) is 11.3 Å². The molecule has 1 aliphatic heterocycles. The first-order valence-corrected chi connectivity index (χ1v) is 7.54. The van der Waals surface area contributed by atoms with Crippen LogP contribution in [0.25, 0.3) is 0 Å². The largest absolute Gasteiger partial charge is 0.371 e. The minimum absolute atomic E-state index is 0.109. The van der Waals surface area contributed by atoms with Crippen molar-refractivity contribution in [2.24, 2.45) is 0 Å². The van der Waals surface area contributed by atoms with Gasteiger partial charge in [-0.3, -0.25) is 0 Å². The van der Waals surface area contributed by atoms with Crippen molar-refractivity contribution in [3.8, 4) is 12.1 Å². The molecule has 106 valence electrons. The van der Waals surface area contributed by atoms with E-state index >= 15 is 0 Å². The Labute approximate surface area is 126 Å². The third-order valence-corrected chi connectivity index (χ3v) is 4.45. The van der Waals surface area contributed by atoms with Crippen LogP contribution >= 0.6 is 11.3 Å². The molecular formula is C14H13N5OS. The molecule has 0 aliphatic carbocycles. The quantitative estimate of drug-likeness (QED) is 0.867. The number of imidazole rings is 1. The molecule has 3 rings (SSSR count). The Bertz CT molecular complexity index is 742. The average Bonchev–Trinajstić information content (AvgIpc) is 3.20. The predicted octanol–water partition coefficient (Wildman–Crippen LogP) is 2.29. The highest BCUT2D eigenvalue weighted by molar-refractivity contribution is 7.09. The van der Waals surface area contributed by atoms with Crippen LogP contribution in [-0.2, 0) is 11.3 Å². The van der Waals surface area contributed by atoms with Crippen molar-refractivity contribution in [3.05, 3.63) is 33.3 Å². The first-order chi connectivity index (χ1) is 10.2. The highest BCUT2D eigenvalue weighted by atomic mass is 32.1. The Morgan fingerprint density at radius 3 is 2.95 bits per heavy atom. The molecule has 1 atom stereocenters. The lowest BCUT2D eigenvalue weighted by Crippen LogP contribution is -2.06. The summed E-state index contributed by atoms with van der Waals surface area (Å²) in [6.07, 6.45) is 2.20. The number of hydrogen-bond donors (Lipinski definition) is 0. The van der Waals surface area contributed by atoms with Crippen LogP contribution in [0.3, 0.4) is 0 Å². The molecule has 0 aromatic carbocycles. The minimum Gasteiger partial charge on any atom is -0.371 e. The van der Waals surface area contributed by atoms with Gasteiger partial charge in [-0.25, -0.2) is 9.97 Å². The fourth-order valence-electron chi connectivity index (χ4n) is 2.43. The molecular weight excluding hydrogens is 286 g/mol. The third-order valence-electron chi connectivity index (χ3n) is 3.47. The summed E-state index contributed by atoms with van der Waals surface area (Å²) in [4.78, 5) is 8.70. The number of ether oxygens (including phenoxy) is 1. The van der Waals surface area contributed by atoms with Crippen molar-refractivity contribution < 1.29 is 4.74 Å². The summed E-state index contributed by atoms with van der Waals surface area (Å²) in [6, 6.07) is 4.00. The average molecular weight is 299 g/mol. The second kappa shape index (κ2) is 5.65. The van der Waals surface area contributed by atoms with Gasteiger partial charge in [0.2, 0.25) is 0 Å². The van der Waals surface area contributed by atoms with Gasteiger partial charge in [-0.2, -0.15) is 10.5 Å². The van der Waals surface area contributed by atoms with E-state index in [1.807, 2.05) is 17.5 Å². The highest BCUT2D eigenvalue weighted by Crippen LogP contribution is 2.30. The number of hydrogen-bond acceptors (Lipinski definition) is 6. The molecule has 1 saturated heterocycles. The van der Waals surface area contributed by atoms with Crippen molar-refractivity contribution >= 4 is 11.3 Å². The molecule has 0 unspecified atom stereocenters. The molecule has 7 heteroatoms. The van der Waals surface area contributed by atoms with Crippen molar-refractivity contribution in [1.82, 2.24) is 14.5 Å². The van der Waals surface area contributed by atoms with Crippen LogP contribution in [0.5, 0.6) is 0 Å². The summed E-state index contributed by atoms with van der Waals surface area (Å²) < 4.78 is 7.36. The maximum absolute atomic E-state index is 9.20. The molecule has 6 nitrogen and oxygen atoms in total. The molecule has 0 radical (unpaired) electrons. The van der Waals surface area contributed by atoms with Crippen molar-refractivity contribution in [1.29, 1.82) is 10.5 Å². The van der Waals surface area contributed by atoms with Gasteiger partial charge in [0.05, 0.1) is 12.2 Å². The Kier molecular flexibility index (Phi) is 3.70. The van der Waals surface area contributed by atoms with Gasteiger partial charge >= 0.3 is 0 Å². The van der Waals surface area contributed by atoms with E-state index in [0.717, 1.165) is 30.2 Å². The molecule has 2 aromatic rings. The third kappa shape index (κ3) is 2.54. The van der Waals surface area contributed by atoms with Gasteiger partial charge in [-0.1, -0.05) is 0 Å². The Morgan fingerprint density at radius 1 is 1.43 bits per heavy atom. The summed E-state index contributed by atoms with van der Waals surface area (Å²) in [5.74, 6) is 0.648. The van der Waals surface area contributed by atoms with Gasteiger partial charge in [0.15, 0.2) is 11.4 Å². The molecule has 1 aliphatic rings. The zero-order chi connectivity index (χ0) is 14.8. The van der Waals surface area contributed by atoms with Crippen LogP contribution in [0.1, 0.15) is 46.9 Å². The summed E-state index contributed by atoms with van der Waals surface area (Å²) in [5, 5.41) is 21.2. The SMILES string of the molecule is Cc1nc(C#N)c(C#N)n1Cc1csc([C@@H]2CCCO2)n1. The summed E-state index contributed by atoms with van der Waals surface area (Å²) in [5.41, 5.74) is 1.33. The van der Waals surface area contributed by atoms with Gasteiger partial charge in [0.1, 0.15) is 29.1 Å². The van der Waals surface area contributed by atoms with E-state index in [1.165, 1.54) is 0 Å². The molecule has 0 N–H and O–H groups in total. The Hall–Kier alpha value is -2.22. The van der Waals surface area contributed by atoms with Crippen molar-refractivity contribution in [3.63, 3.8) is 0 Å². The molecule has 0 saturated carbocycles. The highest BCUT2D eigenvalue weighted by Gasteiger charge is 2.21. The van der Waals surface area contributed by atoms with E-state index in [9.17, 15) is 5.26 Å². The van der Waals surface area contributed by atoms with Gasteiger partial charge < -0.3 is 9.30 Å². The van der Waals surface area contributed by atoms with Crippen LogP contribution in [-0.4, -0.2) is 21.1 Å². The number of nitrogens with zero attached hydrogens (tertiary/aromatic N) is 5. The smallest absolute Gasteiger partial charge is 0.177 e. The van der Waals surface area contributed by atoms with Gasteiger partial charge in [0, 0.05) is 12.0 Å². The normalized spacial score (nSPS) is 17.6. The van der Waals surface area contributed by atoms with Gasteiger partial charge in [0.25, 0.3) is 0 Å². The van der Waals surface area contributed by atoms with E-state index in [0.29, 0.717) is 18.1 Å². The first-order valence-electron chi connectivity index (χ1n) is 6.66. The standard InChI is InChI=1S/C14H13N5OS/c1-9-17-11(5-15)12(6-16)19(9)7-10-8-21-14(18-10)13-3-2-4-20-13/h8,13H,2-4,7H2,1H3/t13-/m0/s1. The molecule has 2 aromatic heterocycles. The molecule has 21 heavy (non-hydrogen) atoms. The predicted molar refractivity (Wildman–Crippen MR) is 75.5 cm³/mol. The molecule has 0 bridgehead atoms. The lowest BCUT2D eigenvalue weighted by atomic mass is 10.2. The van der Waals surface area contributed by atoms with Crippen LogP contribution < -0.4 is 0 Å². The summed E-state index contributed by atoms with van der Waals surface area (Å²) in [6.45, 7) is 3.03. The van der Waals surface area contributed by atoms with Crippen molar-refractivity contribution in [2.75, 3.05) is 6.61 Å². The van der Waals surface area contributed by atoms with Gasteiger partial charge in [-0.05, 0) is 19.8 Å². The fraction of sp³-hybridized carbons (Fsp3) is 0.429. The monoisotopic (exact) mass is 299 g/mol. The van der Waals surface area contributed by atoms with E-state index in [2.05, 4.69) is 9.97 Å². The Morgan fingerprint density at radius 2 is 2.29 bits per heavy atom. The molecule has 1 fully saturated rings. The lowest BCUT2D eigenvalue weighted by Gasteiger charge is -2.05. The zero-order valence-corrected chi connectivity index (χ0v) is 12.4. The summed E-state index contributed by atoms with van der Waals surface area (Å²) in [7, 11) is 0. The summed E-state index contributed by atoms with van der Waals surface area (Å²) >= 11 is 1.58. The second-order valence-electron chi connectivity index (χ2n) is 4.84. The number of aryl methyl sites for hydroxylation is 1. The number of aromatic nitrogens is 3. The van der Waals surface area contributed by atoms with Crippen LogP contribution in [0.15, 0.2) is 5.38 Å². The minimum atomic E-state index is 0.109. The van der Waals surface area contributed by atoms with E-state index in [1.54, 1.807) is 22.8 Å². The van der Waals surface area contributed by atoms with Crippen molar-refractivity contribution in [2.45, 2.75) is 32.4 Å². The molecule has 0 amide bonds. The number of thiazole rings is 1. The van der Waals surface area contributed by atoms with Crippen LogP contribution in [0, 0.1) is 29.6 Å². The first kappa shape index (κ1) is 13.7. The second-order valence-corrected chi connectivity index (χ2v) is 5.73. The molecule has 0 spiro atoms. The van der Waals surface area contributed by atoms with E-state index < -0.39 is 0 Å². The Balaban J connectivity index is 1.86. The molecule has 3 heterocycles.